The van der Waals surface area contributed by atoms with E-state index >= 15 is 0 Å². The summed E-state index contributed by atoms with van der Waals surface area (Å²) in [6.45, 7) is 1.13. The molecule has 0 radical (unpaired) electrons. The summed E-state index contributed by atoms with van der Waals surface area (Å²) in [7, 11) is 0. The predicted octanol–water partition coefficient (Wildman–Crippen LogP) is 0.469. The van der Waals surface area contributed by atoms with Gasteiger partial charge in [-0.15, -0.1) is 0 Å². The quantitative estimate of drug-likeness (QED) is 0.857. The number of aliphatic hydroxyl groups excluding tert-OH is 1. The molecule has 1 saturated heterocycles. The molecule has 0 spiro atoms. The van der Waals surface area contributed by atoms with Crippen molar-refractivity contribution < 1.29 is 9.90 Å². The Morgan fingerprint density at radius 1 is 1.32 bits per heavy atom. The van der Waals surface area contributed by atoms with Crippen molar-refractivity contribution in [2.45, 2.75) is 38.0 Å². The van der Waals surface area contributed by atoms with Crippen LogP contribution < -0.4 is 10.9 Å². The molecule has 2 atom stereocenters. The van der Waals surface area contributed by atoms with Gasteiger partial charge in [0.25, 0.3) is 5.56 Å². The first-order valence-corrected chi connectivity index (χ1v) is 7.55. The molecule has 1 fully saturated rings. The number of aromatic nitrogens is 2. The van der Waals surface area contributed by atoms with Crippen molar-refractivity contribution in [3.63, 3.8) is 0 Å². The second-order valence-electron chi connectivity index (χ2n) is 5.62. The van der Waals surface area contributed by atoms with Crippen molar-refractivity contribution in [1.29, 1.82) is 0 Å². The molecule has 1 aliphatic heterocycles. The number of ketones is 1. The number of rotatable bonds is 4. The number of piperidine rings is 1. The van der Waals surface area contributed by atoms with Crippen LogP contribution in [0.3, 0.4) is 0 Å². The van der Waals surface area contributed by atoms with Crippen molar-refractivity contribution in [2.24, 2.45) is 0 Å². The van der Waals surface area contributed by atoms with Gasteiger partial charge in [-0.05, 0) is 25.0 Å². The Kier molecular flexibility index (Phi) is 4.31. The molecule has 22 heavy (non-hydrogen) atoms. The maximum absolute atomic E-state index is 12.3. The number of aliphatic hydroxyl groups is 1. The summed E-state index contributed by atoms with van der Waals surface area (Å²) in [5, 5.41) is 13.6. The van der Waals surface area contributed by atoms with Crippen LogP contribution in [0.4, 0.5) is 0 Å². The van der Waals surface area contributed by atoms with E-state index in [9.17, 15) is 14.7 Å². The third-order valence-corrected chi connectivity index (χ3v) is 4.13. The number of benzene rings is 1. The van der Waals surface area contributed by atoms with Crippen molar-refractivity contribution >= 4 is 16.7 Å². The van der Waals surface area contributed by atoms with Crippen LogP contribution in [0.5, 0.6) is 0 Å². The Morgan fingerprint density at radius 3 is 3.00 bits per heavy atom. The summed E-state index contributed by atoms with van der Waals surface area (Å²) < 4.78 is 1.58. The molecule has 2 heterocycles. The highest BCUT2D eigenvalue weighted by Crippen LogP contribution is 2.11. The van der Waals surface area contributed by atoms with Gasteiger partial charge in [-0.3, -0.25) is 14.2 Å². The average Bonchev–Trinajstić information content (AvgIpc) is 2.54. The summed E-state index contributed by atoms with van der Waals surface area (Å²) >= 11 is 0. The lowest BCUT2D eigenvalue weighted by atomic mass is 9.96. The first-order chi connectivity index (χ1) is 10.7. The predicted molar refractivity (Wildman–Crippen MR) is 82.7 cm³/mol. The van der Waals surface area contributed by atoms with E-state index in [1.807, 2.05) is 18.2 Å². The van der Waals surface area contributed by atoms with Gasteiger partial charge in [0.15, 0.2) is 5.78 Å². The Hall–Kier alpha value is -2.05. The number of carbonyl (C=O) groups is 1. The standard InChI is InChI=1S/C16H19N3O3/c20-14-7-8-17-13(15(14)21)6-3-9-19-10-18-12-5-2-1-4-11(12)16(19)22/h1-2,4-5,10,13,15,17,21H,3,6-9H2. The fourth-order valence-electron chi connectivity index (χ4n) is 2.87. The minimum atomic E-state index is -0.930. The highest BCUT2D eigenvalue weighted by Gasteiger charge is 2.28. The van der Waals surface area contributed by atoms with Gasteiger partial charge in [-0.25, -0.2) is 4.98 Å². The number of hydrogen-bond acceptors (Lipinski definition) is 5. The molecule has 0 aliphatic carbocycles. The van der Waals surface area contributed by atoms with Crippen LogP contribution in [-0.4, -0.2) is 39.1 Å². The number of nitrogens with one attached hydrogen (secondary N) is 1. The molecule has 1 aliphatic rings. The minimum Gasteiger partial charge on any atom is -0.384 e. The third-order valence-electron chi connectivity index (χ3n) is 4.13. The molecule has 3 rings (SSSR count). The van der Waals surface area contributed by atoms with Gasteiger partial charge < -0.3 is 10.4 Å². The molecule has 1 aromatic carbocycles. The average molecular weight is 301 g/mol. The van der Waals surface area contributed by atoms with E-state index in [0.717, 1.165) is 0 Å². The largest absolute Gasteiger partial charge is 0.384 e. The zero-order chi connectivity index (χ0) is 15.5. The topological polar surface area (TPSA) is 84.2 Å². The van der Waals surface area contributed by atoms with Crippen LogP contribution in [0.2, 0.25) is 0 Å². The highest BCUT2D eigenvalue weighted by atomic mass is 16.3. The highest BCUT2D eigenvalue weighted by molar-refractivity contribution is 5.84. The molecule has 6 heteroatoms. The van der Waals surface area contributed by atoms with Crippen LogP contribution in [0.15, 0.2) is 35.4 Å². The van der Waals surface area contributed by atoms with Crippen LogP contribution in [0, 0.1) is 0 Å². The lowest BCUT2D eigenvalue weighted by molar-refractivity contribution is -0.130. The van der Waals surface area contributed by atoms with Crippen molar-refractivity contribution in [3.05, 3.63) is 40.9 Å². The van der Waals surface area contributed by atoms with Crippen molar-refractivity contribution in [3.8, 4) is 0 Å². The number of para-hydroxylation sites is 1. The van der Waals surface area contributed by atoms with E-state index in [1.165, 1.54) is 0 Å². The zero-order valence-corrected chi connectivity index (χ0v) is 12.2. The Labute approximate surface area is 127 Å². The van der Waals surface area contributed by atoms with Gasteiger partial charge in [0.05, 0.1) is 17.2 Å². The van der Waals surface area contributed by atoms with E-state index < -0.39 is 6.10 Å². The summed E-state index contributed by atoms with van der Waals surface area (Å²) in [5.74, 6) is -0.103. The maximum atomic E-state index is 12.3. The fraction of sp³-hybridized carbons (Fsp3) is 0.438. The molecule has 0 saturated carbocycles. The molecule has 116 valence electrons. The van der Waals surface area contributed by atoms with E-state index in [4.69, 9.17) is 0 Å². The van der Waals surface area contributed by atoms with Gasteiger partial charge in [-0.2, -0.15) is 0 Å². The SMILES string of the molecule is O=C1CCNC(CCCn2cnc3ccccc3c2=O)C1O. The first-order valence-electron chi connectivity index (χ1n) is 7.55. The monoisotopic (exact) mass is 301 g/mol. The van der Waals surface area contributed by atoms with Gasteiger partial charge in [0, 0.05) is 25.6 Å². The molecule has 2 aromatic rings. The maximum Gasteiger partial charge on any atom is 0.261 e. The van der Waals surface area contributed by atoms with Crippen LogP contribution in [0.1, 0.15) is 19.3 Å². The molecular weight excluding hydrogens is 282 g/mol. The van der Waals surface area contributed by atoms with E-state index in [1.54, 1.807) is 17.0 Å². The van der Waals surface area contributed by atoms with E-state index in [2.05, 4.69) is 10.3 Å². The lowest BCUT2D eigenvalue weighted by Crippen LogP contribution is -2.50. The molecule has 1 aromatic heterocycles. The fourth-order valence-corrected chi connectivity index (χ4v) is 2.87. The number of carbonyl (C=O) groups excluding carboxylic acids is 1. The Morgan fingerprint density at radius 2 is 2.14 bits per heavy atom. The summed E-state index contributed by atoms with van der Waals surface area (Å²) in [4.78, 5) is 28.1. The molecule has 2 unspecified atom stereocenters. The van der Waals surface area contributed by atoms with Crippen molar-refractivity contribution in [1.82, 2.24) is 14.9 Å². The molecular formula is C16H19N3O3. The minimum absolute atomic E-state index is 0.0566. The Balaban J connectivity index is 1.66. The van der Waals surface area contributed by atoms with Gasteiger partial charge in [0.1, 0.15) is 6.10 Å². The summed E-state index contributed by atoms with van der Waals surface area (Å²) in [6, 6.07) is 7.04. The third kappa shape index (κ3) is 2.93. The van der Waals surface area contributed by atoms with E-state index in [-0.39, 0.29) is 17.4 Å². The molecule has 2 N–H and O–H groups in total. The number of hydrogen-bond donors (Lipinski definition) is 2. The normalized spacial score (nSPS) is 22.1. The summed E-state index contributed by atoms with van der Waals surface area (Å²) in [5.41, 5.74) is 0.637. The second kappa shape index (κ2) is 6.37. The first kappa shape index (κ1) is 14.9. The van der Waals surface area contributed by atoms with Gasteiger partial charge in [0.2, 0.25) is 0 Å². The molecule has 0 amide bonds. The molecule has 0 bridgehead atoms. The van der Waals surface area contributed by atoms with Crippen molar-refractivity contribution in [2.75, 3.05) is 6.54 Å². The van der Waals surface area contributed by atoms with Crippen LogP contribution >= 0.6 is 0 Å². The van der Waals surface area contributed by atoms with Gasteiger partial charge >= 0.3 is 0 Å². The lowest BCUT2D eigenvalue weighted by Gasteiger charge is -2.27. The van der Waals surface area contributed by atoms with Crippen LogP contribution in [-0.2, 0) is 11.3 Å². The number of nitrogens with zero attached hydrogens (tertiary/aromatic N) is 2. The number of aryl methyl sites for hydroxylation is 1. The van der Waals surface area contributed by atoms with Gasteiger partial charge in [-0.1, -0.05) is 12.1 Å². The summed E-state index contributed by atoms with van der Waals surface area (Å²) in [6.07, 6.45) is 2.35. The Bertz CT molecular complexity index is 741. The number of fused-ring (bicyclic) bond motifs is 1. The zero-order valence-electron chi connectivity index (χ0n) is 12.2. The van der Waals surface area contributed by atoms with E-state index in [0.29, 0.717) is 43.3 Å². The molecule has 6 nitrogen and oxygen atoms in total. The second-order valence-corrected chi connectivity index (χ2v) is 5.62. The van der Waals surface area contributed by atoms with Crippen LogP contribution in [0.25, 0.3) is 10.9 Å². The number of Topliss-reactive ketones (excluding diaryl/α,β-unsaturated/α-hetero) is 1. The smallest absolute Gasteiger partial charge is 0.261 e.